The maximum absolute atomic E-state index is 14.6. The molecule has 0 spiro atoms. The summed E-state index contributed by atoms with van der Waals surface area (Å²) < 4.78 is 25.6. The van der Waals surface area contributed by atoms with Crippen molar-refractivity contribution < 1.29 is 19.0 Å². The standard InChI is InChI=1S/C18H17FN4O3/c19-14-10-23(12-2-1-3-13(24)9-12)18(20)22-17(14)21-11-4-5-15-16(8-11)26-7-6-25-15/h1-5,8-9,21,24H,6-7,10H2,(H2,20,22). The number of halogens is 1. The molecule has 0 bridgehead atoms. The minimum atomic E-state index is -0.475. The Labute approximate surface area is 149 Å². The molecule has 2 aliphatic heterocycles. The molecule has 0 amide bonds. The van der Waals surface area contributed by atoms with Crippen molar-refractivity contribution in [2.24, 2.45) is 10.7 Å². The van der Waals surface area contributed by atoms with E-state index in [9.17, 15) is 9.50 Å². The number of ether oxygens (including phenoxy) is 2. The van der Waals surface area contributed by atoms with Crippen LogP contribution in [0.3, 0.4) is 0 Å². The van der Waals surface area contributed by atoms with Gasteiger partial charge < -0.3 is 30.5 Å². The fourth-order valence-electron chi connectivity index (χ4n) is 2.77. The number of rotatable bonds is 3. The summed E-state index contributed by atoms with van der Waals surface area (Å²) in [6.45, 7) is 0.883. The maximum atomic E-state index is 14.6. The highest BCUT2D eigenvalue weighted by Gasteiger charge is 2.22. The summed E-state index contributed by atoms with van der Waals surface area (Å²) in [5.74, 6) is 0.999. The summed E-state index contributed by atoms with van der Waals surface area (Å²) >= 11 is 0. The van der Waals surface area contributed by atoms with Gasteiger partial charge in [0, 0.05) is 23.5 Å². The topological polar surface area (TPSA) is 92.3 Å². The van der Waals surface area contributed by atoms with Gasteiger partial charge in [0.2, 0.25) is 5.96 Å². The van der Waals surface area contributed by atoms with E-state index in [1.165, 1.54) is 17.0 Å². The van der Waals surface area contributed by atoms with E-state index in [4.69, 9.17) is 15.2 Å². The number of guanidine groups is 1. The van der Waals surface area contributed by atoms with Crippen molar-refractivity contribution in [3.05, 3.63) is 54.1 Å². The summed E-state index contributed by atoms with van der Waals surface area (Å²) in [5, 5.41) is 12.5. The number of anilines is 2. The lowest BCUT2D eigenvalue weighted by atomic mass is 10.2. The van der Waals surface area contributed by atoms with Crippen molar-refractivity contribution in [3.8, 4) is 17.2 Å². The molecule has 0 saturated carbocycles. The Balaban J connectivity index is 1.56. The monoisotopic (exact) mass is 356 g/mol. The van der Waals surface area contributed by atoms with Crippen molar-refractivity contribution in [2.75, 3.05) is 30.0 Å². The Morgan fingerprint density at radius 3 is 2.73 bits per heavy atom. The highest BCUT2D eigenvalue weighted by Crippen LogP contribution is 2.34. The fraction of sp³-hybridized carbons (Fsp3) is 0.167. The van der Waals surface area contributed by atoms with Gasteiger partial charge in [0.1, 0.15) is 19.0 Å². The van der Waals surface area contributed by atoms with E-state index in [0.29, 0.717) is 36.1 Å². The van der Waals surface area contributed by atoms with Gasteiger partial charge in [0.05, 0.1) is 6.54 Å². The van der Waals surface area contributed by atoms with Crippen molar-refractivity contribution >= 4 is 17.3 Å². The maximum Gasteiger partial charge on any atom is 0.202 e. The lowest BCUT2D eigenvalue weighted by Gasteiger charge is -2.27. The summed E-state index contributed by atoms with van der Waals surface area (Å²) in [5.41, 5.74) is 7.16. The van der Waals surface area contributed by atoms with Gasteiger partial charge in [-0.3, -0.25) is 0 Å². The smallest absolute Gasteiger partial charge is 0.202 e. The van der Waals surface area contributed by atoms with Gasteiger partial charge in [-0.25, -0.2) is 4.39 Å². The fourth-order valence-corrected chi connectivity index (χ4v) is 2.77. The second kappa shape index (κ2) is 6.47. The van der Waals surface area contributed by atoms with E-state index < -0.39 is 5.83 Å². The molecule has 2 aliphatic rings. The Hall–Kier alpha value is -3.42. The van der Waals surface area contributed by atoms with Gasteiger partial charge in [-0.05, 0) is 24.3 Å². The minimum Gasteiger partial charge on any atom is -0.508 e. The van der Waals surface area contributed by atoms with E-state index in [1.807, 2.05) is 0 Å². The predicted molar refractivity (Wildman–Crippen MR) is 96.3 cm³/mol. The van der Waals surface area contributed by atoms with Gasteiger partial charge >= 0.3 is 0 Å². The lowest BCUT2D eigenvalue weighted by molar-refractivity contribution is 0.171. The first-order valence-corrected chi connectivity index (χ1v) is 8.06. The number of benzene rings is 2. The molecular formula is C18H17FN4O3. The SMILES string of the molecule is NC1=NC(Nc2ccc3c(c2)OCCO3)=C(F)CN1c1cccc(O)c1. The summed E-state index contributed by atoms with van der Waals surface area (Å²) in [6, 6.07) is 11.6. The molecule has 0 aromatic heterocycles. The first kappa shape index (κ1) is 16.1. The first-order chi connectivity index (χ1) is 12.6. The molecule has 2 aromatic carbocycles. The first-order valence-electron chi connectivity index (χ1n) is 8.06. The predicted octanol–water partition coefficient (Wildman–Crippen LogP) is 2.55. The van der Waals surface area contributed by atoms with Crippen LogP contribution in [-0.2, 0) is 0 Å². The average Bonchev–Trinajstić information content (AvgIpc) is 2.64. The van der Waals surface area contributed by atoms with Crippen LogP contribution in [0.25, 0.3) is 0 Å². The Morgan fingerprint density at radius 1 is 1.12 bits per heavy atom. The van der Waals surface area contributed by atoms with Crippen molar-refractivity contribution in [2.45, 2.75) is 0 Å². The quantitative estimate of drug-likeness (QED) is 0.783. The normalized spacial score (nSPS) is 16.3. The second-order valence-corrected chi connectivity index (χ2v) is 5.81. The van der Waals surface area contributed by atoms with Crippen LogP contribution >= 0.6 is 0 Å². The molecule has 26 heavy (non-hydrogen) atoms. The van der Waals surface area contributed by atoms with Crippen molar-refractivity contribution in [3.63, 3.8) is 0 Å². The highest BCUT2D eigenvalue weighted by molar-refractivity contribution is 5.97. The zero-order valence-corrected chi connectivity index (χ0v) is 13.8. The van der Waals surface area contributed by atoms with Gasteiger partial charge in [0.15, 0.2) is 23.1 Å². The van der Waals surface area contributed by atoms with E-state index in [-0.39, 0.29) is 24.1 Å². The molecule has 2 aromatic rings. The number of phenolic OH excluding ortho intramolecular Hbond substituents is 1. The molecule has 4 N–H and O–H groups in total. The highest BCUT2D eigenvalue weighted by atomic mass is 19.1. The van der Waals surface area contributed by atoms with Crippen LogP contribution in [0, 0.1) is 0 Å². The van der Waals surface area contributed by atoms with Crippen LogP contribution < -0.4 is 25.4 Å². The van der Waals surface area contributed by atoms with E-state index in [1.54, 1.807) is 30.3 Å². The summed E-state index contributed by atoms with van der Waals surface area (Å²) in [4.78, 5) is 5.59. The van der Waals surface area contributed by atoms with Crippen LogP contribution in [0.15, 0.2) is 59.1 Å². The third-order valence-corrected chi connectivity index (χ3v) is 4.00. The van der Waals surface area contributed by atoms with Gasteiger partial charge in [-0.2, -0.15) is 4.99 Å². The van der Waals surface area contributed by atoms with Crippen LogP contribution in [0.2, 0.25) is 0 Å². The van der Waals surface area contributed by atoms with Crippen LogP contribution in [-0.4, -0.2) is 30.8 Å². The third-order valence-electron chi connectivity index (χ3n) is 4.00. The zero-order chi connectivity index (χ0) is 18.1. The molecule has 4 rings (SSSR count). The molecule has 0 radical (unpaired) electrons. The largest absolute Gasteiger partial charge is 0.508 e. The van der Waals surface area contributed by atoms with E-state index in [0.717, 1.165) is 0 Å². The molecular weight excluding hydrogens is 339 g/mol. The Morgan fingerprint density at radius 2 is 1.92 bits per heavy atom. The van der Waals surface area contributed by atoms with Crippen molar-refractivity contribution in [1.29, 1.82) is 0 Å². The second-order valence-electron chi connectivity index (χ2n) is 5.81. The van der Waals surface area contributed by atoms with E-state index >= 15 is 0 Å². The molecule has 0 saturated heterocycles. The molecule has 2 heterocycles. The van der Waals surface area contributed by atoms with Gasteiger partial charge in [-0.1, -0.05) is 6.07 Å². The molecule has 8 heteroatoms. The van der Waals surface area contributed by atoms with Gasteiger partial charge in [0.25, 0.3) is 0 Å². The number of hydrogen-bond donors (Lipinski definition) is 3. The number of aliphatic imine (C=N–C) groups is 1. The number of phenols is 1. The average molecular weight is 356 g/mol. The number of nitrogens with one attached hydrogen (secondary N) is 1. The number of fused-ring (bicyclic) bond motifs is 1. The van der Waals surface area contributed by atoms with Crippen molar-refractivity contribution in [1.82, 2.24) is 0 Å². The van der Waals surface area contributed by atoms with Crippen LogP contribution in [0.1, 0.15) is 0 Å². The van der Waals surface area contributed by atoms with Gasteiger partial charge in [-0.15, -0.1) is 0 Å². The lowest BCUT2D eigenvalue weighted by Crippen LogP contribution is -2.41. The molecule has 0 fully saturated rings. The summed E-state index contributed by atoms with van der Waals surface area (Å²) in [6.07, 6.45) is 0. The van der Waals surface area contributed by atoms with Crippen LogP contribution in [0.4, 0.5) is 15.8 Å². The third kappa shape index (κ3) is 3.08. The Bertz CT molecular complexity index is 913. The number of aromatic hydroxyl groups is 1. The molecule has 0 atom stereocenters. The van der Waals surface area contributed by atoms with Crippen LogP contribution in [0.5, 0.6) is 17.2 Å². The number of hydrogen-bond acceptors (Lipinski definition) is 7. The summed E-state index contributed by atoms with van der Waals surface area (Å²) in [7, 11) is 0. The molecule has 134 valence electrons. The number of nitrogens with two attached hydrogens (primary N) is 1. The molecule has 0 unspecified atom stereocenters. The number of nitrogens with zero attached hydrogens (tertiary/aromatic N) is 2. The zero-order valence-electron chi connectivity index (χ0n) is 13.8. The molecule has 0 aliphatic carbocycles. The Kier molecular flexibility index (Phi) is 4.00. The van der Waals surface area contributed by atoms with E-state index in [2.05, 4.69) is 10.3 Å². The molecule has 7 nitrogen and oxygen atoms in total. The minimum absolute atomic E-state index is 0.0376.